The number of rotatable bonds is 22. The average Bonchev–Trinajstić information content (AvgIpc) is 3.62. The molecule has 0 aromatic heterocycles. The van der Waals surface area contributed by atoms with E-state index in [2.05, 4.69) is 26.6 Å². The molecular formula is C40H54N22O10. The van der Waals surface area contributed by atoms with E-state index >= 15 is 0 Å². The van der Waals surface area contributed by atoms with Crippen LogP contribution in [0.5, 0.6) is 0 Å². The van der Waals surface area contributed by atoms with Crippen LogP contribution in [-0.4, -0.2) is 125 Å². The highest BCUT2D eigenvalue weighted by Crippen LogP contribution is 2.23. The number of carbonyl (C=O) groups excluding carboxylic acids is 8. The summed E-state index contributed by atoms with van der Waals surface area (Å²) in [5, 5.41) is 77.7. The highest BCUT2D eigenvalue weighted by atomic mass is 16.3. The number of primary amides is 1. The van der Waals surface area contributed by atoms with Crippen LogP contribution in [0.3, 0.4) is 0 Å². The van der Waals surface area contributed by atoms with Crippen molar-refractivity contribution in [3.05, 3.63) is 82.7 Å². The van der Waals surface area contributed by atoms with Crippen molar-refractivity contribution in [3.8, 4) is 0 Å². The number of benzene rings is 3. The third kappa shape index (κ3) is 14.8. The van der Waals surface area contributed by atoms with Gasteiger partial charge in [0.15, 0.2) is 54.7 Å². The summed E-state index contributed by atoms with van der Waals surface area (Å²) < 4.78 is 0. The van der Waals surface area contributed by atoms with E-state index in [1.165, 1.54) is 24.3 Å². The first kappa shape index (κ1) is 54.8. The lowest BCUT2D eigenvalue weighted by Crippen LogP contribution is -2.69. The van der Waals surface area contributed by atoms with Crippen LogP contribution in [0.2, 0.25) is 0 Å². The molecule has 0 aliphatic heterocycles. The SMILES string of the molecule is N=C(N)NC(NC(=O)C(NC(=N)N)NC(=O)C(NC(=N)N)NC(=O)C(NC(=N)N)NC(=O)C(NC(=O)C(O)NC(=O)C(CO)C1C=c2cc3ccccc3cc2=C1N)c1ccccc1)C(=O)NC(N)C(N)=O. The third-order valence-electron chi connectivity index (χ3n) is 10.1. The van der Waals surface area contributed by atoms with Gasteiger partial charge in [-0.05, 0) is 33.7 Å². The molecule has 32 heteroatoms. The van der Waals surface area contributed by atoms with E-state index in [4.69, 9.17) is 61.8 Å². The van der Waals surface area contributed by atoms with Gasteiger partial charge >= 0.3 is 0 Å². The molecule has 8 amide bonds. The molecule has 3 aromatic carbocycles. The van der Waals surface area contributed by atoms with Crippen LogP contribution in [0.1, 0.15) is 11.6 Å². The molecule has 0 fully saturated rings. The van der Waals surface area contributed by atoms with Crippen LogP contribution in [0.25, 0.3) is 22.5 Å². The number of fused-ring (bicyclic) bond motifs is 2. The summed E-state index contributed by atoms with van der Waals surface area (Å²) in [5.41, 5.74) is 38.8. The molecule has 0 radical (unpaired) electrons. The van der Waals surface area contributed by atoms with Crippen LogP contribution in [-0.2, 0) is 38.4 Å². The Bertz CT molecular complexity index is 2780. The van der Waals surface area contributed by atoms with E-state index in [0.29, 0.717) is 10.4 Å². The molecule has 384 valence electrons. The number of nitrogens with one attached hydrogen (secondary N) is 15. The number of nitrogens with two attached hydrogens (primary N) is 7. The Balaban J connectivity index is 1.52. The second-order valence-electron chi connectivity index (χ2n) is 15.4. The Morgan fingerprint density at radius 1 is 0.528 bits per heavy atom. The van der Waals surface area contributed by atoms with Crippen LogP contribution >= 0.6 is 0 Å². The lowest BCUT2D eigenvalue weighted by Gasteiger charge is -2.28. The molecule has 0 saturated carbocycles. The quantitative estimate of drug-likeness (QED) is 0.0252. The molecule has 9 atom stereocenters. The predicted octanol–water partition coefficient (Wildman–Crippen LogP) is -11.2. The van der Waals surface area contributed by atoms with E-state index in [1.54, 1.807) is 12.1 Å². The Hall–Kier alpha value is -9.82. The predicted molar refractivity (Wildman–Crippen MR) is 254 cm³/mol. The lowest BCUT2D eigenvalue weighted by atomic mass is 9.90. The van der Waals surface area contributed by atoms with Crippen molar-refractivity contribution in [1.82, 2.24) is 58.5 Å². The van der Waals surface area contributed by atoms with Gasteiger partial charge in [-0.2, -0.15) is 0 Å². The molecule has 0 heterocycles. The van der Waals surface area contributed by atoms with E-state index in [9.17, 15) is 48.6 Å². The summed E-state index contributed by atoms with van der Waals surface area (Å²) in [6.07, 6.45) is -10.9. The van der Waals surface area contributed by atoms with E-state index in [-0.39, 0.29) is 11.3 Å². The number of hydrogen-bond acceptors (Lipinski definition) is 16. The summed E-state index contributed by atoms with van der Waals surface area (Å²) in [7, 11) is 0. The molecule has 1 aliphatic carbocycles. The normalized spacial score (nSPS) is 15.7. The van der Waals surface area contributed by atoms with Crippen molar-refractivity contribution in [2.24, 2.45) is 52.0 Å². The first-order valence-electron chi connectivity index (χ1n) is 20.8. The van der Waals surface area contributed by atoms with Gasteiger partial charge in [-0.3, -0.25) is 60.0 Å². The molecule has 0 bridgehead atoms. The van der Waals surface area contributed by atoms with Crippen molar-refractivity contribution >= 4 is 93.6 Å². The van der Waals surface area contributed by atoms with E-state index in [1.807, 2.05) is 68.3 Å². The lowest BCUT2D eigenvalue weighted by molar-refractivity contribution is -0.141. The molecule has 0 saturated heterocycles. The van der Waals surface area contributed by atoms with E-state index in [0.717, 1.165) is 10.8 Å². The fourth-order valence-corrected chi connectivity index (χ4v) is 6.78. The first-order chi connectivity index (χ1) is 33.9. The first-order valence-corrected chi connectivity index (χ1v) is 20.8. The van der Waals surface area contributed by atoms with Gasteiger partial charge in [0.1, 0.15) is 6.04 Å². The van der Waals surface area contributed by atoms with Crippen molar-refractivity contribution in [2.75, 3.05) is 6.61 Å². The second kappa shape index (κ2) is 24.5. The van der Waals surface area contributed by atoms with Crippen molar-refractivity contribution in [3.63, 3.8) is 0 Å². The van der Waals surface area contributed by atoms with Gasteiger partial charge in [0, 0.05) is 16.8 Å². The van der Waals surface area contributed by atoms with E-state index < -0.39 is 133 Å². The van der Waals surface area contributed by atoms with Crippen LogP contribution < -0.4 is 109 Å². The molecule has 72 heavy (non-hydrogen) atoms. The molecule has 4 rings (SSSR count). The number of guanidine groups is 4. The zero-order valence-corrected chi connectivity index (χ0v) is 37.5. The Labute approximate surface area is 406 Å². The maximum Gasteiger partial charge on any atom is 0.270 e. The van der Waals surface area contributed by atoms with Crippen molar-refractivity contribution in [2.45, 2.75) is 43.1 Å². The molecule has 0 spiro atoms. The average molecular weight is 1000 g/mol. The largest absolute Gasteiger partial charge is 0.401 e. The minimum atomic E-state index is -2.35. The maximum absolute atomic E-state index is 14.0. The summed E-state index contributed by atoms with van der Waals surface area (Å²) in [4.78, 5) is 106. The maximum atomic E-state index is 14.0. The Morgan fingerprint density at radius 3 is 1.38 bits per heavy atom. The molecule has 3 aromatic rings. The number of amides is 8. The van der Waals surface area contributed by atoms with Gasteiger partial charge < -0.3 is 109 Å². The van der Waals surface area contributed by atoms with Crippen LogP contribution in [0.15, 0.2) is 66.7 Å². The summed E-state index contributed by atoms with van der Waals surface area (Å²) >= 11 is 0. The van der Waals surface area contributed by atoms with Gasteiger partial charge in [0.05, 0.1) is 12.5 Å². The fourth-order valence-electron chi connectivity index (χ4n) is 6.78. The van der Waals surface area contributed by atoms with Gasteiger partial charge in [-0.25, -0.2) is 0 Å². The summed E-state index contributed by atoms with van der Waals surface area (Å²) in [5.74, 6) is -16.3. The third-order valence-corrected chi connectivity index (χ3v) is 10.1. The minimum absolute atomic E-state index is 0.0388. The molecular weight excluding hydrogens is 949 g/mol. The Kier molecular flexibility index (Phi) is 18.6. The molecule has 1 aliphatic rings. The van der Waals surface area contributed by atoms with Gasteiger partial charge in [0.2, 0.25) is 18.0 Å². The number of carbonyl (C=O) groups is 8. The number of aliphatic hydroxyl groups is 2. The standard InChI is InChI=1S/C40H54N22O10/c41-21-18-11-16-9-5-4-8-15(16)10-17(18)12-19(21)20(13-63)29(65)62-36(72)35(71)52-22(14-6-2-1-3-7-14)30(66)54-26(59-38(46)47)32(68)56-28(61-40(50)51)34(70)57-27(60-39(48)49)33(69)55-25(58-37(44)45)31(67)53-23(42)24(43)64/h1-12,19-20,22-23,25-28,36,63,72H,13,41-42H2,(H2,43,64)(H,52,71)(H,53,67)(H,54,66)(H,55,69)(H,56,68)(H,57,70)(H,62,65)(H4,44,45,58)(H4,46,47,59)(H4,48,49,60)(H4,50,51,61). The molecule has 9 unspecified atom stereocenters. The fraction of sp³-hybridized carbons (Fsp3) is 0.250. The molecule has 31 N–H and O–H groups in total. The monoisotopic (exact) mass is 1000 g/mol. The molecule has 32 nitrogen and oxygen atoms in total. The van der Waals surface area contributed by atoms with Crippen molar-refractivity contribution < 1.29 is 48.6 Å². The number of hydrogen-bond donors (Lipinski definition) is 24. The minimum Gasteiger partial charge on any atom is -0.401 e. The van der Waals surface area contributed by atoms with Gasteiger partial charge in [-0.15, -0.1) is 0 Å². The van der Waals surface area contributed by atoms with Crippen LogP contribution in [0.4, 0.5) is 0 Å². The topological polar surface area (TPSA) is 587 Å². The van der Waals surface area contributed by atoms with Crippen molar-refractivity contribution in [1.29, 1.82) is 21.6 Å². The zero-order valence-electron chi connectivity index (χ0n) is 37.5. The second-order valence-corrected chi connectivity index (χ2v) is 15.4. The summed E-state index contributed by atoms with van der Waals surface area (Å²) in [6.45, 7) is -0.760. The highest BCUT2D eigenvalue weighted by molar-refractivity contribution is 6.00. The van der Waals surface area contributed by atoms with Crippen LogP contribution in [0, 0.1) is 33.5 Å². The van der Waals surface area contributed by atoms with Gasteiger partial charge in [0.25, 0.3) is 35.4 Å². The highest BCUT2D eigenvalue weighted by Gasteiger charge is 2.37. The zero-order chi connectivity index (χ0) is 53.6. The Morgan fingerprint density at radius 2 is 0.944 bits per heavy atom. The smallest absolute Gasteiger partial charge is 0.270 e. The number of aliphatic hydroxyl groups excluding tert-OH is 2. The van der Waals surface area contributed by atoms with Gasteiger partial charge in [-0.1, -0.05) is 60.7 Å². The summed E-state index contributed by atoms with van der Waals surface area (Å²) in [6, 6.07) is 16.6.